The minimum absolute atomic E-state index is 0.0486. The smallest absolute Gasteiger partial charge is 0.407 e. The van der Waals surface area contributed by atoms with Gasteiger partial charge in [0.15, 0.2) is 11.6 Å². The molecule has 4 saturated carbocycles. The number of alkyl carbamates (subject to hydrolysis) is 1. The molecule has 4 aliphatic carbocycles. The van der Waals surface area contributed by atoms with E-state index in [0.717, 1.165) is 66.9 Å². The molecule has 4 aliphatic rings. The summed E-state index contributed by atoms with van der Waals surface area (Å²) in [7, 11) is 1.88. The summed E-state index contributed by atoms with van der Waals surface area (Å²) in [5.41, 5.74) is 3.61. The quantitative estimate of drug-likeness (QED) is 0.391. The maximum atomic E-state index is 12.3. The van der Waals surface area contributed by atoms with E-state index in [-0.39, 0.29) is 23.7 Å². The van der Waals surface area contributed by atoms with Gasteiger partial charge in [-0.15, -0.1) is 0 Å². The van der Waals surface area contributed by atoms with E-state index in [0.29, 0.717) is 11.6 Å². The number of nitrogens with one attached hydrogen (secondary N) is 3. The van der Waals surface area contributed by atoms with Crippen LogP contribution in [0.3, 0.4) is 0 Å². The predicted molar refractivity (Wildman–Crippen MR) is 127 cm³/mol. The van der Waals surface area contributed by atoms with Gasteiger partial charge in [0.25, 0.3) is 0 Å². The molecular formula is C24H27N9O2. The molecule has 35 heavy (non-hydrogen) atoms. The lowest BCUT2D eigenvalue weighted by Crippen LogP contribution is -2.68. The van der Waals surface area contributed by atoms with Crippen LogP contribution in [0.1, 0.15) is 50.1 Å². The first-order valence-corrected chi connectivity index (χ1v) is 12.2. The predicted octanol–water partition coefficient (Wildman–Crippen LogP) is 3.51. The van der Waals surface area contributed by atoms with Gasteiger partial charge in [-0.25, -0.2) is 14.3 Å². The van der Waals surface area contributed by atoms with E-state index in [1.54, 1.807) is 21.6 Å². The van der Waals surface area contributed by atoms with E-state index in [9.17, 15) is 4.79 Å². The molecule has 2 atom stereocenters. The largest absolute Gasteiger partial charge is 0.446 e. The van der Waals surface area contributed by atoms with Gasteiger partial charge in [-0.1, -0.05) is 0 Å². The molecule has 4 aromatic heterocycles. The summed E-state index contributed by atoms with van der Waals surface area (Å²) in [6.45, 7) is 0. The minimum atomic E-state index is -0.259. The first-order chi connectivity index (χ1) is 17.0. The lowest BCUT2D eigenvalue weighted by atomic mass is 9.50. The van der Waals surface area contributed by atoms with Crippen LogP contribution in [0, 0.1) is 5.92 Å². The molecule has 4 heterocycles. The summed E-state index contributed by atoms with van der Waals surface area (Å²) in [5, 5.41) is 22.7. The minimum Gasteiger partial charge on any atom is -0.446 e. The van der Waals surface area contributed by atoms with E-state index in [4.69, 9.17) is 9.72 Å². The van der Waals surface area contributed by atoms with Crippen molar-refractivity contribution in [2.45, 2.75) is 56.1 Å². The number of hydrogen-bond donors (Lipinski definition) is 3. The summed E-state index contributed by atoms with van der Waals surface area (Å²) in [4.78, 5) is 17.1. The number of anilines is 2. The van der Waals surface area contributed by atoms with Gasteiger partial charge in [0.05, 0.1) is 24.3 Å². The fourth-order valence-corrected chi connectivity index (χ4v) is 5.80. The van der Waals surface area contributed by atoms with E-state index in [1.807, 2.05) is 31.6 Å². The summed E-state index contributed by atoms with van der Waals surface area (Å²) in [5.74, 6) is 2.45. The Morgan fingerprint density at radius 2 is 2.11 bits per heavy atom. The maximum Gasteiger partial charge on any atom is 0.407 e. The van der Waals surface area contributed by atoms with Crippen LogP contribution in [0.5, 0.6) is 0 Å². The Kier molecular flexibility index (Phi) is 4.42. The zero-order valence-electron chi connectivity index (χ0n) is 19.4. The van der Waals surface area contributed by atoms with Gasteiger partial charge in [0.2, 0.25) is 0 Å². The fraction of sp³-hybridized carbons (Fsp3) is 0.458. The molecular weight excluding hydrogens is 446 g/mol. The normalized spacial score (nSPS) is 26.8. The molecule has 0 aromatic carbocycles. The molecule has 3 N–H and O–H groups in total. The first kappa shape index (κ1) is 20.5. The first-order valence-electron chi connectivity index (χ1n) is 12.2. The van der Waals surface area contributed by atoms with Gasteiger partial charge >= 0.3 is 6.09 Å². The number of H-pyrrole nitrogens is 1. The van der Waals surface area contributed by atoms with E-state index < -0.39 is 0 Å². The second kappa shape index (κ2) is 7.56. The van der Waals surface area contributed by atoms with Crippen LogP contribution in [0.2, 0.25) is 0 Å². The molecule has 4 fully saturated rings. The molecule has 1 amide bonds. The molecule has 0 unspecified atom stereocenters. The highest BCUT2D eigenvalue weighted by Crippen LogP contribution is 2.57. The van der Waals surface area contributed by atoms with Gasteiger partial charge in [-0.05, 0) is 50.5 Å². The number of fused-ring (bicyclic) bond motifs is 1. The van der Waals surface area contributed by atoms with Crippen molar-refractivity contribution in [3.63, 3.8) is 0 Å². The zero-order chi connectivity index (χ0) is 23.6. The van der Waals surface area contributed by atoms with Gasteiger partial charge in [0.1, 0.15) is 11.6 Å². The molecule has 0 saturated heterocycles. The summed E-state index contributed by atoms with van der Waals surface area (Å²) in [6.07, 6.45) is 13.0. The number of amides is 1. The van der Waals surface area contributed by atoms with Gasteiger partial charge in [-0.3, -0.25) is 9.78 Å². The monoisotopic (exact) mass is 473 g/mol. The lowest BCUT2D eigenvalue weighted by Gasteiger charge is -2.61. The van der Waals surface area contributed by atoms with Crippen LogP contribution in [0.4, 0.5) is 16.4 Å². The Morgan fingerprint density at radius 1 is 1.23 bits per heavy atom. The van der Waals surface area contributed by atoms with Gasteiger partial charge in [-0.2, -0.15) is 15.3 Å². The molecule has 0 aliphatic heterocycles. The van der Waals surface area contributed by atoms with E-state index in [2.05, 4.69) is 31.0 Å². The Morgan fingerprint density at radius 3 is 2.89 bits per heavy atom. The second-order valence-corrected chi connectivity index (χ2v) is 10.3. The number of carbonyl (C=O) groups is 1. The highest BCUT2D eigenvalue weighted by Gasteiger charge is 2.57. The standard InChI is InChI=1S/C24H27N9O2/c1-32-12-16(11-26-32)19-13-33-20(4-5-25-33)22(27-19)28-21-7-18(30-31-21)15-2-3-17(6-15)35-23(34)29-24-8-14(9-24)10-24/h4-5,7,11-15,17H,2-3,6,8-10H2,1H3,(H,29,34)(H2,27,28,30,31)/t14?,15-,17+,24?/m1/s1. The molecule has 8 rings (SSSR count). The second-order valence-electron chi connectivity index (χ2n) is 10.3. The Balaban J connectivity index is 1.03. The number of nitrogens with zero attached hydrogens (tertiary/aromatic N) is 6. The third-order valence-electron chi connectivity index (χ3n) is 7.74. The van der Waals surface area contributed by atoms with Gasteiger partial charge in [0, 0.05) is 42.0 Å². The van der Waals surface area contributed by atoms with Crippen molar-refractivity contribution < 1.29 is 9.53 Å². The molecule has 4 aromatic rings. The van der Waals surface area contributed by atoms with Crippen molar-refractivity contribution in [3.8, 4) is 11.3 Å². The third kappa shape index (κ3) is 3.62. The highest BCUT2D eigenvalue weighted by atomic mass is 16.6. The number of carbonyl (C=O) groups excluding carboxylic acids is 1. The molecule has 0 spiro atoms. The number of hydrogen-bond acceptors (Lipinski definition) is 7. The number of rotatable bonds is 6. The Hall–Kier alpha value is -3.89. The fourth-order valence-electron chi connectivity index (χ4n) is 5.80. The van der Waals surface area contributed by atoms with Crippen LogP contribution in [-0.4, -0.2) is 52.3 Å². The van der Waals surface area contributed by atoms with Crippen molar-refractivity contribution in [1.29, 1.82) is 0 Å². The number of aryl methyl sites for hydroxylation is 1. The van der Waals surface area contributed by atoms with Crippen LogP contribution in [0.25, 0.3) is 16.8 Å². The molecule has 11 heteroatoms. The summed E-state index contributed by atoms with van der Waals surface area (Å²) >= 11 is 0. The SMILES string of the molecule is Cn1cc(-c2cn3nccc3c(Nc3cc([C@@H]4CC[C@H](OC(=O)NC56CC(C5)C6)C4)[nH]n3)n2)cn1. The molecule has 11 nitrogen and oxygen atoms in total. The van der Waals surface area contributed by atoms with E-state index in [1.165, 1.54) is 0 Å². The molecule has 180 valence electrons. The van der Waals surface area contributed by atoms with Gasteiger partial charge < -0.3 is 15.4 Å². The molecule has 0 radical (unpaired) electrons. The summed E-state index contributed by atoms with van der Waals surface area (Å²) < 4.78 is 9.27. The Labute approximate surface area is 201 Å². The average molecular weight is 474 g/mol. The van der Waals surface area contributed by atoms with Crippen LogP contribution in [0.15, 0.2) is 36.9 Å². The van der Waals surface area contributed by atoms with Crippen molar-refractivity contribution in [3.05, 3.63) is 42.6 Å². The highest BCUT2D eigenvalue weighted by molar-refractivity contribution is 5.75. The van der Waals surface area contributed by atoms with Crippen LogP contribution >= 0.6 is 0 Å². The lowest BCUT2D eigenvalue weighted by molar-refractivity contribution is -0.0506. The number of ether oxygens (including phenoxy) is 1. The summed E-state index contributed by atoms with van der Waals surface area (Å²) in [6, 6.07) is 3.92. The van der Waals surface area contributed by atoms with Crippen molar-refractivity contribution >= 4 is 23.2 Å². The number of aromatic amines is 1. The average Bonchev–Trinajstić information content (AvgIpc) is 3.56. The Bertz CT molecular complexity index is 1400. The zero-order valence-corrected chi connectivity index (χ0v) is 19.4. The topological polar surface area (TPSA) is 127 Å². The van der Waals surface area contributed by atoms with Crippen molar-refractivity contribution in [2.24, 2.45) is 13.0 Å². The van der Waals surface area contributed by atoms with Crippen LogP contribution in [-0.2, 0) is 11.8 Å². The van der Waals surface area contributed by atoms with Crippen molar-refractivity contribution in [1.82, 2.24) is 39.9 Å². The maximum absolute atomic E-state index is 12.3. The number of aromatic nitrogens is 7. The van der Waals surface area contributed by atoms with Crippen molar-refractivity contribution in [2.75, 3.05) is 5.32 Å². The third-order valence-corrected chi connectivity index (χ3v) is 7.74. The van der Waals surface area contributed by atoms with Crippen LogP contribution < -0.4 is 10.6 Å². The molecule has 2 bridgehead atoms. The van der Waals surface area contributed by atoms with E-state index >= 15 is 0 Å².